The normalized spacial score (nSPS) is 32.9. The van der Waals surface area contributed by atoms with E-state index in [9.17, 15) is 5.11 Å². The van der Waals surface area contributed by atoms with Crippen LogP contribution in [0.2, 0.25) is 18.6 Å². The Balaban J connectivity index is 0.00000137. The number of rotatable bonds is 3. The molecular weight excluding hydrogens is 484 g/mol. The second-order valence-corrected chi connectivity index (χ2v) is 18.6. The van der Waals surface area contributed by atoms with E-state index in [0.717, 1.165) is 29.2 Å². The Morgan fingerprint density at radius 2 is 1.18 bits per heavy atom. The number of nitrogens with one attached hydrogen (secondary N) is 1. The number of aliphatic hydroxyl groups excluding tert-OH is 1. The molecule has 5 unspecified atom stereocenters. The molecule has 0 amide bonds. The quantitative estimate of drug-likeness (QED) is 0.226. The van der Waals surface area contributed by atoms with Gasteiger partial charge in [-0.15, -0.1) is 0 Å². The molecule has 0 radical (unpaired) electrons. The van der Waals surface area contributed by atoms with E-state index >= 15 is 0 Å². The van der Waals surface area contributed by atoms with Crippen LogP contribution in [0, 0.1) is 43.9 Å². The minimum atomic E-state index is -1.66. The monoisotopic (exact) mass is 527 g/mol. The fourth-order valence-corrected chi connectivity index (χ4v) is 10.7. The van der Waals surface area contributed by atoms with Crippen molar-refractivity contribution in [3.05, 3.63) is 14.9 Å². The van der Waals surface area contributed by atoms with Crippen LogP contribution in [0.4, 0.5) is 0 Å². The van der Waals surface area contributed by atoms with E-state index in [1.54, 1.807) is 0 Å². The van der Waals surface area contributed by atoms with Gasteiger partial charge in [0, 0.05) is 5.41 Å². The molecule has 0 heterocycles. The van der Waals surface area contributed by atoms with Crippen molar-refractivity contribution in [1.29, 1.82) is 0 Å². The van der Waals surface area contributed by atoms with Crippen molar-refractivity contribution in [3.8, 4) is 0 Å². The van der Waals surface area contributed by atoms with E-state index in [1.807, 2.05) is 0 Å². The van der Waals surface area contributed by atoms with Gasteiger partial charge in [0.15, 0.2) is 0 Å². The summed E-state index contributed by atoms with van der Waals surface area (Å²) in [7, 11) is 8.21. The van der Waals surface area contributed by atoms with Crippen molar-refractivity contribution in [1.82, 2.24) is 4.98 Å². The predicted molar refractivity (Wildman–Crippen MR) is 125 cm³/mol. The van der Waals surface area contributed by atoms with Gasteiger partial charge in [0.1, 0.15) is 14.5 Å². The number of fused-ring (bicyclic) bond motifs is 3. The van der Waals surface area contributed by atoms with Crippen LogP contribution in [0.5, 0.6) is 0 Å². The van der Waals surface area contributed by atoms with E-state index in [0.29, 0.717) is 0 Å². The molecule has 166 valence electrons. The first-order chi connectivity index (χ1) is 12.1. The van der Waals surface area contributed by atoms with Gasteiger partial charge in [0.25, 0.3) is 0 Å². The number of hydrogen-bond acceptors (Lipinski definition) is 2. The first-order valence-electron chi connectivity index (χ1n) is 10.6. The van der Waals surface area contributed by atoms with E-state index in [4.69, 9.17) is 17.0 Å². The van der Waals surface area contributed by atoms with Crippen molar-refractivity contribution >= 4 is 25.3 Å². The van der Waals surface area contributed by atoms with Crippen LogP contribution in [-0.4, -0.2) is 19.6 Å². The summed E-state index contributed by atoms with van der Waals surface area (Å²) in [6.45, 7) is 11.5. The van der Waals surface area contributed by atoms with Gasteiger partial charge in [-0.1, -0.05) is 72.4 Å². The Morgan fingerprint density at radius 1 is 0.857 bits per heavy atom. The van der Waals surface area contributed by atoms with Crippen LogP contribution >= 0.6 is 17.0 Å². The fraction of sp³-hybridized carbons (Fsp3) is 0.909. The first-order valence-corrected chi connectivity index (χ1v) is 20.0. The molecule has 3 fully saturated rings. The Hall–Kier alpha value is 1.60. The summed E-state index contributed by atoms with van der Waals surface area (Å²) in [5.41, 5.74) is 0.816. The Labute approximate surface area is 196 Å². The van der Waals surface area contributed by atoms with Crippen molar-refractivity contribution < 1.29 is 26.0 Å². The zero-order valence-corrected chi connectivity index (χ0v) is 24.3. The van der Waals surface area contributed by atoms with E-state index < -0.39 is 29.1 Å². The van der Waals surface area contributed by atoms with Gasteiger partial charge in [-0.2, -0.15) is 0 Å². The predicted octanol–water partition coefficient (Wildman–Crippen LogP) is 7.42. The van der Waals surface area contributed by atoms with E-state index in [-0.39, 0.29) is 26.5 Å². The van der Waals surface area contributed by atoms with Crippen LogP contribution in [0.15, 0.2) is 0 Å². The van der Waals surface area contributed by atoms with Crippen LogP contribution in [0.3, 0.4) is 0 Å². The summed E-state index contributed by atoms with van der Waals surface area (Å²) in [6.07, 6.45) is 11.4. The summed E-state index contributed by atoms with van der Waals surface area (Å²) >= 11 is -0.826. The molecule has 0 aliphatic heterocycles. The molecule has 3 saturated carbocycles. The average molecular weight is 530 g/mol. The molecule has 3 aliphatic rings. The number of hydrogen-bond donors (Lipinski definition) is 2. The Kier molecular flexibility index (Phi) is 13.3. The SMILES string of the molecule is CC(C)(C)C(O)N[Si](C)(C)C1C2CCCCC2C2CCCCC21.[CH3-].[CH3-].[Cl][Zr+2][Cl]. The number of aliphatic hydroxyl groups is 1. The molecule has 0 aromatic rings. The Bertz CT molecular complexity index is 425. The van der Waals surface area contributed by atoms with Gasteiger partial charge >= 0.3 is 37.9 Å². The third-order valence-corrected chi connectivity index (χ3v) is 10.9. The van der Waals surface area contributed by atoms with Gasteiger partial charge in [-0.3, -0.25) is 0 Å². The minimum absolute atomic E-state index is 0. The molecular formula is C22H45Cl2NOSiZr. The van der Waals surface area contributed by atoms with Crippen molar-refractivity contribution in [2.24, 2.45) is 29.1 Å². The molecule has 3 rings (SSSR count). The maximum absolute atomic E-state index is 10.7. The van der Waals surface area contributed by atoms with Crippen LogP contribution in [0.25, 0.3) is 0 Å². The first kappa shape index (κ1) is 29.6. The second kappa shape index (κ2) is 12.6. The average Bonchev–Trinajstić information content (AvgIpc) is 2.89. The van der Waals surface area contributed by atoms with Crippen LogP contribution in [0.1, 0.15) is 72.1 Å². The van der Waals surface area contributed by atoms with Gasteiger partial charge in [0.2, 0.25) is 0 Å². The van der Waals surface area contributed by atoms with Gasteiger partial charge in [-0.05, 0) is 42.1 Å². The van der Waals surface area contributed by atoms with Crippen molar-refractivity contribution in [2.75, 3.05) is 0 Å². The summed E-state index contributed by atoms with van der Waals surface area (Å²) < 4.78 is 0. The summed E-state index contributed by atoms with van der Waals surface area (Å²) in [5, 5.41) is 10.7. The molecule has 2 nitrogen and oxygen atoms in total. The van der Waals surface area contributed by atoms with Gasteiger partial charge in [0.05, 0.1) is 0 Å². The van der Waals surface area contributed by atoms with E-state index in [2.05, 4.69) is 38.8 Å². The molecule has 0 saturated heterocycles. The zero-order chi connectivity index (χ0) is 19.5. The van der Waals surface area contributed by atoms with Crippen LogP contribution in [-0.2, 0) is 20.8 Å². The van der Waals surface area contributed by atoms with E-state index in [1.165, 1.54) is 51.4 Å². The van der Waals surface area contributed by atoms with Gasteiger partial charge in [-0.25, -0.2) is 0 Å². The molecule has 0 aromatic heterocycles. The second-order valence-electron chi connectivity index (χ2n) is 10.5. The summed E-state index contributed by atoms with van der Waals surface area (Å²) in [4.78, 5) is 3.80. The third-order valence-electron chi connectivity index (χ3n) is 7.38. The topological polar surface area (TPSA) is 32.3 Å². The molecule has 3 aliphatic carbocycles. The zero-order valence-electron chi connectivity index (χ0n) is 19.3. The molecule has 0 spiro atoms. The fourth-order valence-electron chi connectivity index (χ4n) is 6.38. The standard InChI is InChI=1S/C20H39NOSi.2CH3.2ClH.Zr/c1-20(2,3)19(22)21-23(4,5)18-16-12-8-6-10-14(16)15-11-7-9-13-17(15)18;;;;;/h14-19,21-22H,6-13H2,1-5H3;2*1H3;2*1H;/q;2*-1;;;+4/p-2. The molecule has 6 heteroatoms. The maximum atomic E-state index is 10.7. The molecule has 2 N–H and O–H groups in total. The van der Waals surface area contributed by atoms with Crippen molar-refractivity contribution in [3.63, 3.8) is 0 Å². The molecule has 0 bridgehead atoms. The van der Waals surface area contributed by atoms with Gasteiger partial charge < -0.3 is 24.9 Å². The third kappa shape index (κ3) is 7.06. The molecule has 28 heavy (non-hydrogen) atoms. The number of halogens is 2. The summed E-state index contributed by atoms with van der Waals surface area (Å²) in [5.74, 6) is 3.94. The summed E-state index contributed by atoms with van der Waals surface area (Å²) in [6, 6.07) is 0. The Morgan fingerprint density at radius 3 is 1.50 bits per heavy atom. The molecule has 0 aromatic carbocycles. The van der Waals surface area contributed by atoms with Crippen LogP contribution < -0.4 is 4.98 Å². The van der Waals surface area contributed by atoms with Crippen molar-refractivity contribution in [2.45, 2.75) is 97.0 Å². The molecule has 5 atom stereocenters.